The largest absolute Gasteiger partial charge is 0.496 e. The van der Waals surface area contributed by atoms with Crippen molar-refractivity contribution >= 4 is 11.8 Å². The molecule has 1 aromatic rings. The lowest BCUT2D eigenvalue weighted by Crippen LogP contribution is -2.51. The fraction of sp³-hybridized carbons (Fsp3) is 0.579. The topological polar surface area (TPSA) is 49.9 Å². The number of carbonyl (C=O) groups excluding carboxylic acids is 2. The van der Waals surface area contributed by atoms with Gasteiger partial charge in [0.05, 0.1) is 13.5 Å². The van der Waals surface area contributed by atoms with Gasteiger partial charge in [-0.15, -0.1) is 0 Å². The van der Waals surface area contributed by atoms with Gasteiger partial charge in [0.25, 0.3) is 0 Å². The molecule has 0 aliphatic carbocycles. The van der Waals surface area contributed by atoms with Crippen molar-refractivity contribution < 1.29 is 14.3 Å². The Morgan fingerprint density at radius 3 is 2.12 bits per heavy atom. The van der Waals surface area contributed by atoms with Crippen molar-refractivity contribution in [1.82, 2.24) is 9.80 Å². The first-order chi connectivity index (χ1) is 11.5. The monoisotopic (exact) mass is 332 g/mol. The van der Waals surface area contributed by atoms with Crippen molar-refractivity contribution in [1.29, 1.82) is 0 Å². The predicted octanol–water partition coefficient (Wildman–Crippen LogP) is 2.33. The van der Waals surface area contributed by atoms with Gasteiger partial charge in [0.15, 0.2) is 0 Å². The molecule has 5 nitrogen and oxygen atoms in total. The fourth-order valence-corrected chi connectivity index (χ4v) is 3.12. The van der Waals surface area contributed by atoms with Crippen LogP contribution in [0.5, 0.6) is 5.75 Å². The predicted molar refractivity (Wildman–Crippen MR) is 94.2 cm³/mol. The lowest BCUT2D eigenvalue weighted by Gasteiger charge is -2.35. The third-order valence-corrected chi connectivity index (χ3v) is 4.86. The van der Waals surface area contributed by atoms with Crippen LogP contribution in [-0.2, 0) is 16.0 Å². The molecular weight excluding hydrogens is 304 g/mol. The quantitative estimate of drug-likeness (QED) is 0.831. The zero-order valence-corrected chi connectivity index (χ0v) is 15.2. The third kappa shape index (κ3) is 4.08. The van der Waals surface area contributed by atoms with Gasteiger partial charge < -0.3 is 14.5 Å². The molecule has 5 heteroatoms. The third-order valence-electron chi connectivity index (χ3n) is 4.86. The second-order valence-corrected chi connectivity index (χ2v) is 6.37. The van der Waals surface area contributed by atoms with Crippen LogP contribution in [0.3, 0.4) is 0 Å². The van der Waals surface area contributed by atoms with E-state index in [0.717, 1.165) is 28.9 Å². The molecule has 1 aliphatic rings. The Morgan fingerprint density at radius 1 is 1.00 bits per heavy atom. The van der Waals surface area contributed by atoms with E-state index < -0.39 is 0 Å². The summed E-state index contributed by atoms with van der Waals surface area (Å²) < 4.78 is 5.32. The summed E-state index contributed by atoms with van der Waals surface area (Å²) in [7, 11) is 1.66. The van der Waals surface area contributed by atoms with Crippen LogP contribution in [0.4, 0.5) is 0 Å². The zero-order valence-electron chi connectivity index (χ0n) is 15.2. The van der Waals surface area contributed by atoms with Crippen LogP contribution >= 0.6 is 0 Å². The molecule has 1 saturated heterocycles. The first-order valence-electron chi connectivity index (χ1n) is 8.66. The molecule has 24 heavy (non-hydrogen) atoms. The molecule has 0 bridgehead atoms. The molecule has 0 radical (unpaired) electrons. The van der Waals surface area contributed by atoms with Gasteiger partial charge in [-0.3, -0.25) is 9.59 Å². The van der Waals surface area contributed by atoms with Crippen molar-refractivity contribution in [2.45, 2.75) is 40.0 Å². The normalized spacial score (nSPS) is 14.7. The van der Waals surface area contributed by atoms with E-state index in [-0.39, 0.29) is 11.8 Å². The van der Waals surface area contributed by atoms with E-state index in [2.05, 4.69) is 0 Å². The number of methoxy groups -OCH3 is 1. The minimum atomic E-state index is 0.130. The number of hydrogen-bond donors (Lipinski definition) is 0. The summed E-state index contributed by atoms with van der Waals surface area (Å²) >= 11 is 0. The Morgan fingerprint density at radius 2 is 1.58 bits per heavy atom. The van der Waals surface area contributed by atoms with Gasteiger partial charge in [0.2, 0.25) is 11.8 Å². The summed E-state index contributed by atoms with van der Waals surface area (Å²) in [6.45, 7) is 8.60. The highest BCUT2D eigenvalue weighted by molar-refractivity contribution is 5.80. The molecule has 0 aromatic heterocycles. The lowest BCUT2D eigenvalue weighted by molar-refractivity contribution is -0.139. The second-order valence-electron chi connectivity index (χ2n) is 6.37. The molecule has 2 amide bonds. The lowest BCUT2D eigenvalue weighted by atomic mass is 9.99. The van der Waals surface area contributed by atoms with Crippen molar-refractivity contribution in [2.24, 2.45) is 0 Å². The van der Waals surface area contributed by atoms with Crippen LogP contribution in [-0.4, -0.2) is 54.9 Å². The number of piperazine rings is 1. The molecule has 0 unspecified atom stereocenters. The van der Waals surface area contributed by atoms with E-state index >= 15 is 0 Å². The van der Waals surface area contributed by atoms with Gasteiger partial charge in [-0.25, -0.2) is 0 Å². The molecule has 1 heterocycles. The summed E-state index contributed by atoms with van der Waals surface area (Å²) in [5, 5.41) is 0. The molecule has 1 aliphatic heterocycles. The van der Waals surface area contributed by atoms with E-state index in [9.17, 15) is 9.59 Å². The van der Waals surface area contributed by atoms with Crippen LogP contribution in [0.15, 0.2) is 12.1 Å². The first kappa shape index (κ1) is 18.3. The van der Waals surface area contributed by atoms with E-state index in [4.69, 9.17) is 4.74 Å². The Kier molecular flexibility index (Phi) is 6.23. The van der Waals surface area contributed by atoms with Crippen molar-refractivity contribution in [3.8, 4) is 5.75 Å². The summed E-state index contributed by atoms with van der Waals surface area (Å²) in [5.74, 6) is 1.18. The SMILES string of the molecule is CCCC(=O)N1CCN(C(=O)Cc2ccc(OC)c(C)c2C)CC1. The number of amides is 2. The van der Waals surface area contributed by atoms with Crippen LogP contribution in [0.1, 0.15) is 36.5 Å². The standard InChI is InChI=1S/C19H28N2O3/c1-5-6-18(22)20-9-11-21(12-10-20)19(23)13-16-7-8-17(24-4)15(3)14(16)2/h7-8H,5-6,9-13H2,1-4H3. The molecule has 0 N–H and O–H groups in total. The molecule has 132 valence electrons. The van der Waals surface area contributed by atoms with Gasteiger partial charge in [-0.2, -0.15) is 0 Å². The maximum absolute atomic E-state index is 12.6. The van der Waals surface area contributed by atoms with E-state index in [1.807, 2.05) is 42.7 Å². The van der Waals surface area contributed by atoms with Crippen LogP contribution in [0, 0.1) is 13.8 Å². The van der Waals surface area contributed by atoms with Gasteiger partial charge in [0.1, 0.15) is 5.75 Å². The minimum absolute atomic E-state index is 0.130. The van der Waals surface area contributed by atoms with E-state index in [0.29, 0.717) is 39.0 Å². The molecule has 0 spiro atoms. The number of carbonyl (C=O) groups is 2. The molecular formula is C19H28N2O3. The van der Waals surface area contributed by atoms with E-state index in [1.54, 1.807) is 7.11 Å². The molecule has 0 atom stereocenters. The fourth-order valence-electron chi connectivity index (χ4n) is 3.12. The van der Waals surface area contributed by atoms with Crippen molar-refractivity contribution in [3.05, 3.63) is 28.8 Å². The Bertz CT molecular complexity index is 605. The average Bonchev–Trinajstić information content (AvgIpc) is 2.59. The van der Waals surface area contributed by atoms with Crippen molar-refractivity contribution in [2.75, 3.05) is 33.3 Å². The number of hydrogen-bond acceptors (Lipinski definition) is 3. The van der Waals surface area contributed by atoms with Gasteiger partial charge >= 0.3 is 0 Å². The van der Waals surface area contributed by atoms with Crippen LogP contribution in [0.2, 0.25) is 0 Å². The summed E-state index contributed by atoms with van der Waals surface area (Å²) in [4.78, 5) is 28.2. The smallest absolute Gasteiger partial charge is 0.227 e. The summed E-state index contributed by atoms with van der Waals surface area (Å²) in [6, 6.07) is 3.90. The van der Waals surface area contributed by atoms with Crippen LogP contribution in [0.25, 0.3) is 0 Å². The maximum Gasteiger partial charge on any atom is 0.227 e. The molecule has 0 saturated carbocycles. The summed E-state index contributed by atoms with van der Waals surface area (Å²) in [5.41, 5.74) is 3.24. The maximum atomic E-state index is 12.6. The number of rotatable bonds is 5. The number of ether oxygens (including phenoxy) is 1. The number of benzene rings is 1. The van der Waals surface area contributed by atoms with Gasteiger partial charge in [-0.05, 0) is 43.0 Å². The van der Waals surface area contributed by atoms with Crippen molar-refractivity contribution in [3.63, 3.8) is 0 Å². The van der Waals surface area contributed by atoms with E-state index in [1.165, 1.54) is 0 Å². The highest BCUT2D eigenvalue weighted by Gasteiger charge is 2.24. The van der Waals surface area contributed by atoms with Gasteiger partial charge in [0, 0.05) is 32.6 Å². The first-order valence-corrected chi connectivity index (χ1v) is 8.66. The molecule has 1 aromatic carbocycles. The minimum Gasteiger partial charge on any atom is -0.496 e. The highest BCUT2D eigenvalue weighted by Crippen LogP contribution is 2.24. The zero-order chi connectivity index (χ0) is 17.7. The Balaban J connectivity index is 1.95. The van der Waals surface area contributed by atoms with Crippen LogP contribution < -0.4 is 4.74 Å². The van der Waals surface area contributed by atoms with Gasteiger partial charge in [-0.1, -0.05) is 13.0 Å². The Labute approximate surface area is 144 Å². The highest BCUT2D eigenvalue weighted by atomic mass is 16.5. The second kappa shape index (κ2) is 8.18. The Hall–Kier alpha value is -2.04. The molecule has 2 rings (SSSR count). The number of nitrogens with zero attached hydrogens (tertiary/aromatic N) is 2. The average molecular weight is 332 g/mol. The summed E-state index contributed by atoms with van der Waals surface area (Å²) in [6.07, 6.45) is 1.87. The molecule has 1 fully saturated rings.